The highest BCUT2D eigenvalue weighted by Gasteiger charge is 2.24. The molecular formula is C21H20Cl2N3O+. The first-order chi connectivity index (χ1) is 13.0. The van der Waals surface area contributed by atoms with E-state index in [9.17, 15) is 4.79 Å². The van der Waals surface area contributed by atoms with Gasteiger partial charge in [-0.05, 0) is 53.7 Å². The number of nitrogens with one attached hydrogen (secondary N) is 2. The van der Waals surface area contributed by atoms with Gasteiger partial charge in [0.1, 0.15) is 0 Å². The van der Waals surface area contributed by atoms with Gasteiger partial charge in [-0.25, -0.2) is 0 Å². The Kier molecular flexibility index (Phi) is 6.43. The lowest BCUT2D eigenvalue weighted by Crippen LogP contribution is -2.38. The first kappa shape index (κ1) is 19.3. The quantitative estimate of drug-likeness (QED) is 0.668. The molecule has 1 aromatic heterocycles. The maximum Gasteiger partial charge on any atom is 0.296 e. The zero-order valence-corrected chi connectivity index (χ0v) is 16.3. The standard InChI is InChI=1S/C21H19Cl2N3O/c1-14(26-21(27)20-10-11-24-13-25-20)19(16-4-8-18(23)9-5-16)12-15-2-6-17(22)7-3-15/h2-11,13-14,19H,12H2,1H3,(H,26,27)/p+1/t14-,19+/m1/s1. The van der Waals surface area contributed by atoms with Crippen LogP contribution in [0, 0.1) is 0 Å². The Labute approximate surface area is 168 Å². The summed E-state index contributed by atoms with van der Waals surface area (Å²) in [5.41, 5.74) is 2.63. The molecule has 0 aliphatic heterocycles. The molecule has 0 spiro atoms. The van der Waals surface area contributed by atoms with Crippen molar-refractivity contribution in [1.29, 1.82) is 0 Å². The average Bonchev–Trinajstić information content (AvgIpc) is 2.69. The van der Waals surface area contributed by atoms with Crippen molar-refractivity contribution in [1.82, 2.24) is 10.3 Å². The molecule has 0 saturated heterocycles. The summed E-state index contributed by atoms with van der Waals surface area (Å²) in [6.45, 7) is 2.00. The van der Waals surface area contributed by atoms with Gasteiger partial charge in [-0.2, -0.15) is 0 Å². The van der Waals surface area contributed by atoms with Gasteiger partial charge in [-0.1, -0.05) is 47.5 Å². The second-order valence-electron chi connectivity index (χ2n) is 6.39. The Morgan fingerprint density at radius 1 is 1.04 bits per heavy atom. The van der Waals surface area contributed by atoms with E-state index in [0.717, 1.165) is 17.5 Å². The van der Waals surface area contributed by atoms with Crippen molar-refractivity contribution in [2.45, 2.75) is 25.3 Å². The number of aromatic nitrogens is 2. The minimum absolute atomic E-state index is 0.0719. The summed E-state index contributed by atoms with van der Waals surface area (Å²) in [5.74, 6) is -0.130. The van der Waals surface area contributed by atoms with Crippen LogP contribution in [0.4, 0.5) is 0 Å². The minimum atomic E-state index is -0.202. The van der Waals surface area contributed by atoms with Crippen molar-refractivity contribution in [3.05, 3.63) is 94.0 Å². The number of rotatable bonds is 6. The normalized spacial score (nSPS) is 13.0. The molecule has 1 heterocycles. The minimum Gasteiger partial charge on any atom is -0.346 e. The van der Waals surface area contributed by atoms with E-state index in [2.05, 4.69) is 15.3 Å². The fraction of sp³-hybridized carbons (Fsp3) is 0.190. The molecule has 0 radical (unpaired) electrons. The van der Waals surface area contributed by atoms with E-state index in [4.69, 9.17) is 23.2 Å². The molecule has 0 bridgehead atoms. The number of carbonyl (C=O) groups excluding carboxylic acids is 1. The van der Waals surface area contributed by atoms with Crippen LogP contribution in [-0.4, -0.2) is 16.9 Å². The summed E-state index contributed by atoms with van der Waals surface area (Å²) < 4.78 is 0. The zero-order chi connectivity index (χ0) is 19.2. The summed E-state index contributed by atoms with van der Waals surface area (Å²) in [7, 11) is 0. The summed E-state index contributed by atoms with van der Waals surface area (Å²) in [4.78, 5) is 19.4. The Balaban J connectivity index is 1.82. The van der Waals surface area contributed by atoms with Crippen LogP contribution in [0.3, 0.4) is 0 Å². The summed E-state index contributed by atoms with van der Waals surface area (Å²) in [6, 6.07) is 17.1. The number of nitrogens with zero attached hydrogens (tertiary/aromatic N) is 1. The van der Waals surface area contributed by atoms with E-state index in [-0.39, 0.29) is 17.9 Å². The summed E-state index contributed by atoms with van der Waals surface area (Å²) >= 11 is 12.0. The first-order valence-corrected chi connectivity index (χ1v) is 9.41. The third-order valence-electron chi connectivity index (χ3n) is 4.48. The molecule has 0 saturated carbocycles. The van der Waals surface area contributed by atoms with Gasteiger partial charge < -0.3 is 5.32 Å². The lowest BCUT2D eigenvalue weighted by atomic mass is 9.86. The first-order valence-electron chi connectivity index (χ1n) is 8.66. The Morgan fingerprint density at radius 3 is 2.26 bits per heavy atom. The third kappa shape index (κ3) is 5.28. The topological polar surface area (TPSA) is 56.1 Å². The van der Waals surface area contributed by atoms with Crippen LogP contribution in [-0.2, 0) is 6.42 Å². The smallest absolute Gasteiger partial charge is 0.296 e. The number of halogens is 2. The van der Waals surface area contributed by atoms with Gasteiger partial charge in [0.25, 0.3) is 12.2 Å². The van der Waals surface area contributed by atoms with E-state index >= 15 is 0 Å². The molecule has 138 valence electrons. The predicted molar refractivity (Wildman–Crippen MR) is 107 cm³/mol. The summed E-state index contributed by atoms with van der Waals surface area (Å²) in [6.07, 6.45) is 3.93. The number of aromatic amines is 1. The van der Waals surface area contributed by atoms with Crippen LogP contribution >= 0.6 is 23.2 Å². The molecule has 27 heavy (non-hydrogen) atoms. The van der Waals surface area contributed by atoms with Gasteiger partial charge in [0.05, 0.1) is 6.20 Å². The van der Waals surface area contributed by atoms with E-state index < -0.39 is 0 Å². The van der Waals surface area contributed by atoms with Gasteiger partial charge in [-0.3, -0.25) is 9.78 Å². The van der Waals surface area contributed by atoms with Crippen LogP contribution in [0.15, 0.2) is 67.1 Å². The number of amides is 1. The second kappa shape index (κ2) is 8.98. The van der Waals surface area contributed by atoms with E-state index in [1.807, 2.05) is 55.5 Å². The fourth-order valence-corrected chi connectivity index (χ4v) is 3.26. The average molecular weight is 401 g/mol. The molecule has 0 fully saturated rings. The van der Waals surface area contributed by atoms with Crippen LogP contribution < -0.4 is 10.3 Å². The molecule has 0 aliphatic rings. The molecular weight excluding hydrogens is 381 g/mol. The molecule has 2 aromatic carbocycles. The molecule has 3 rings (SSSR count). The predicted octanol–water partition coefficient (Wildman–Crippen LogP) is 4.35. The van der Waals surface area contributed by atoms with E-state index in [1.165, 1.54) is 6.33 Å². The van der Waals surface area contributed by atoms with Crippen molar-refractivity contribution in [3.63, 3.8) is 0 Å². The monoisotopic (exact) mass is 400 g/mol. The highest BCUT2D eigenvalue weighted by molar-refractivity contribution is 6.30. The maximum atomic E-state index is 12.5. The third-order valence-corrected chi connectivity index (χ3v) is 4.98. The molecule has 3 aromatic rings. The van der Waals surface area contributed by atoms with E-state index in [0.29, 0.717) is 15.7 Å². The maximum absolute atomic E-state index is 12.5. The lowest BCUT2D eigenvalue weighted by Gasteiger charge is -2.25. The number of carbonyl (C=O) groups is 1. The van der Waals surface area contributed by atoms with E-state index in [1.54, 1.807) is 12.3 Å². The largest absolute Gasteiger partial charge is 0.346 e. The second-order valence-corrected chi connectivity index (χ2v) is 7.27. The highest BCUT2D eigenvalue weighted by Crippen LogP contribution is 2.27. The van der Waals surface area contributed by atoms with Gasteiger partial charge >= 0.3 is 0 Å². The molecule has 2 atom stereocenters. The molecule has 1 amide bonds. The SMILES string of the molecule is C[C@@H](NC(=O)c1cc[nH+]cn1)[C@H](Cc1ccc(Cl)cc1)c1ccc(Cl)cc1. The zero-order valence-electron chi connectivity index (χ0n) is 14.8. The Morgan fingerprint density at radius 2 is 1.67 bits per heavy atom. The molecule has 4 nitrogen and oxygen atoms in total. The number of hydrogen-bond acceptors (Lipinski definition) is 2. The summed E-state index contributed by atoms with van der Waals surface area (Å²) in [5, 5.41) is 4.46. The van der Waals surface area contributed by atoms with Crippen molar-refractivity contribution in [2.24, 2.45) is 0 Å². The Hall–Kier alpha value is -2.43. The van der Waals surface area contributed by atoms with Crippen LogP contribution in [0.2, 0.25) is 10.0 Å². The van der Waals surface area contributed by atoms with Gasteiger partial charge in [0.2, 0.25) is 5.69 Å². The van der Waals surface area contributed by atoms with Crippen molar-refractivity contribution >= 4 is 29.1 Å². The van der Waals surface area contributed by atoms with Crippen molar-refractivity contribution < 1.29 is 9.78 Å². The number of H-pyrrole nitrogens is 1. The van der Waals surface area contributed by atoms with Gasteiger partial charge in [0.15, 0.2) is 0 Å². The molecule has 0 aliphatic carbocycles. The molecule has 6 heteroatoms. The van der Waals surface area contributed by atoms with Crippen LogP contribution in [0.1, 0.15) is 34.5 Å². The van der Waals surface area contributed by atoms with Crippen molar-refractivity contribution in [3.8, 4) is 0 Å². The van der Waals surface area contributed by atoms with Gasteiger partial charge in [-0.15, -0.1) is 0 Å². The Bertz CT molecular complexity index is 884. The number of benzene rings is 2. The van der Waals surface area contributed by atoms with Gasteiger partial charge in [0, 0.05) is 28.1 Å². The fourth-order valence-electron chi connectivity index (χ4n) is 3.00. The molecule has 0 unspecified atom stereocenters. The number of hydrogen-bond donors (Lipinski definition) is 1. The van der Waals surface area contributed by atoms with Crippen LogP contribution in [0.25, 0.3) is 0 Å². The van der Waals surface area contributed by atoms with Crippen molar-refractivity contribution in [2.75, 3.05) is 0 Å². The van der Waals surface area contributed by atoms with Crippen LogP contribution in [0.5, 0.6) is 0 Å². The lowest BCUT2D eigenvalue weighted by molar-refractivity contribution is -0.382. The molecule has 2 N–H and O–H groups in total. The highest BCUT2D eigenvalue weighted by atomic mass is 35.5.